The molecule has 0 fully saturated rings. The van der Waals surface area contributed by atoms with Gasteiger partial charge in [0.2, 0.25) is 0 Å². The maximum atomic E-state index is 13.2. The largest absolute Gasteiger partial charge is 0.324 e. The molecule has 1 aromatic heterocycles. The van der Waals surface area contributed by atoms with Gasteiger partial charge in [0.05, 0.1) is 5.69 Å². The molecule has 108 valence electrons. The van der Waals surface area contributed by atoms with E-state index < -0.39 is 11.6 Å². The van der Waals surface area contributed by atoms with Crippen LogP contribution in [0.1, 0.15) is 36.8 Å². The molecular formula is C15H19F2N3. The molecule has 0 bridgehead atoms. The monoisotopic (exact) mass is 279 g/mol. The highest BCUT2D eigenvalue weighted by atomic mass is 19.2. The summed E-state index contributed by atoms with van der Waals surface area (Å²) in [5.41, 5.74) is 8.71. The van der Waals surface area contributed by atoms with Crippen LogP contribution in [0.15, 0.2) is 24.3 Å². The van der Waals surface area contributed by atoms with Crippen molar-refractivity contribution in [2.45, 2.75) is 39.3 Å². The van der Waals surface area contributed by atoms with E-state index in [0.717, 1.165) is 36.5 Å². The molecule has 2 N–H and O–H groups in total. The van der Waals surface area contributed by atoms with Gasteiger partial charge in [0.1, 0.15) is 0 Å². The predicted octanol–water partition coefficient (Wildman–Crippen LogP) is 2.99. The van der Waals surface area contributed by atoms with Crippen molar-refractivity contribution in [2.75, 3.05) is 0 Å². The predicted molar refractivity (Wildman–Crippen MR) is 74.3 cm³/mol. The van der Waals surface area contributed by atoms with Gasteiger partial charge in [-0.1, -0.05) is 13.0 Å². The fraction of sp³-hybridized carbons (Fsp3) is 0.400. The number of aromatic nitrogens is 2. The summed E-state index contributed by atoms with van der Waals surface area (Å²) in [6, 6.07) is 5.43. The van der Waals surface area contributed by atoms with Crippen molar-refractivity contribution < 1.29 is 8.78 Å². The molecule has 1 unspecified atom stereocenters. The van der Waals surface area contributed by atoms with Crippen LogP contribution in [-0.2, 0) is 19.4 Å². The Morgan fingerprint density at radius 2 is 1.95 bits per heavy atom. The van der Waals surface area contributed by atoms with Crippen molar-refractivity contribution in [3.63, 3.8) is 0 Å². The molecule has 1 aromatic carbocycles. The SMILES string of the molecule is CCc1cc(CC(N)c2ccc(F)c(F)c2)n(CC)n1. The number of hydrogen-bond donors (Lipinski definition) is 1. The molecule has 0 aliphatic rings. The van der Waals surface area contributed by atoms with E-state index in [0.29, 0.717) is 12.0 Å². The van der Waals surface area contributed by atoms with E-state index in [9.17, 15) is 8.78 Å². The second-order valence-electron chi connectivity index (χ2n) is 4.78. The second-order valence-corrected chi connectivity index (χ2v) is 4.78. The smallest absolute Gasteiger partial charge is 0.159 e. The zero-order valence-electron chi connectivity index (χ0n) is 11.7. The minimum Gasteiger partial charge on any atom is -0.324 e. The molecule has 20 heavy (non-hydrogen) atoms. The number of rotatable bonds is 5. The van der Waals surface area contributed by atoms with Crippen molar-refractivity contribution in [3.05, 3.63) is 52.9 Å². The van der Waals surface area contributed by atoms with Crippen molar-refractivity contribution in [2.24, 2.45) is 5.73 Å². The van der Waals surface area contributed by atoms with Crippen LogP contribution < -0.4 is 5.73 Å². The fourth-order valence-electron chi connectivity index (χ4n) is 2.21. The Morgan fingerprint density at radius 3 is 2.55 bits per heavy atom. The summed E-state index contributed by atoms with van der Waals surface area (Å²) in [4.78, 5) is 0. The summed E-state index contributed by atoms with van der Waals surface area (Å²) in [5.74, 6) is -1.72. The Hall–Kier alpha value is -1.75. The average molecular weight is 279 g/mol. The van der Waals surface area contributed by atoms with Crippen LogP contribution in [0.4, 0.5) is 8.78 Å². The highest BCUT2D eigenvalue weighted by Crippen LogP contribution is 2.19. The average Bonchev–Trinajstić information content (AvgIpc) is 2.84. The summed E-state index contributed by atoms with van der Waals surface area (Å²) in [6.07, 6.45) is 1.41. The third-order valence-electron chi connectivity index (χ3n) is 3.38. The van der Waals surface area contributed by atoms with Crippen LogP contribution in [0.5, 0.6) is 0 Å². The topological polar surface area (TPSA) is 43.8 Å². The van der Waals surface area contributed by atoms with Crippen molar-refractivity contribution in [3.8, 4) is 0 Å². The van der Waals surface area contributed by atoms with Gasteiger partial charge < -0.3 is 5.73 Å². The van der Waals surface area contributed by atoms with E-state index in [1.807, 2.05) is 24.6 Å². The van der Waals surface area contributed by atoms with Crippen LogP contribution in [-0.4, -0.2) is 9.78 Å². The number of benzene rings is 1. The molecule has 0 saturated heterocycles. The quantitative estimate of drug-likeness (QED) is 0.914. The lowest BCUT2D eigenvalue weighted by atomic mass is 10.0. The van der Waals surface area contributed by atoms with Gasteiger partial charge in [-0.15, -0.1) is 0 Å². The van der Waals surface area contributed by atoms with Crippen molar-refractivity contribution in [1.29, 1.82) is 0 Å². The standard InChI is InChI=1S/C15H19F2N3/c1-3-11-8-12(20(4-2)19-11)9-15(18)10-5-6-13(16)14(17)7-10/h5-8,15H,3-4,9,18H2,1-2H3. The molecule has 1 atom stereocenters. The lowest BCUT2D eigenvalue weighted by Gasteiger charge is -2.13. The summed E-state index contributed by atoms with van der Waals surface area (Å²) in [5, 5.41) is 4.45. The van der Waals surface area contributed by atoms with Gasteiger partial charge in [-0.05, 0) is 37.1 Å². The van der Waals surface area contributed by atoms with E-state index in [-0.39, 0.29) is 6.04 Å². The minimum absolute atomic E-state index is 0.378. The summed E-state index contributed by atoms with van der Waals surface area (Å²) >= 11 is 0. The molecule has 5 heteroatoms. The van der Waals surface area contributed by atoms with Gasteiger partial charge in [-0.2, -0.15) is 5.10 Å². The van der Waals surface area contributed by atoms with Crippen LogP contribution >= 0.6 is 0 Å². The maximum Gasteiger partial charge on any atom is 0.159 e. The molecule has 2 rings (SSSR count). The van der Waals surface area contributed by atoms with Gasteiger partial charge in [-0.3, -0.25) is 4.68 Å². The van der Waals surface area contributed by atoms with Gasteiger partial charge >= 0.3 is 0 Å². The fourth-order valence-corrected chi connectivity index (χ4v) is 2.21. The second kappa shape index (κ2) is 6.13. The summed E-state index contributed by atoms with van der Waals surface area (Å²) in [6.45, 7) is 4.82. The third kappa shape index (κ3) is 3.04. The Morgan fingerprint density at radius 1 is 1.20 bits per heavy atom. The van der Waals surface area contributed by atoms with Gasteiger partial charge in [-0.25, -0.2) is 8.78 Å². The first-order valence-corrected chi connectivity index (χ1v) is 6.81. The van der Waals surface area contributed by atoms with Crippen LogP contribution in [0.2, 0.25) is 0 Å². The summed E-state index contributed by atoms with van der Waals surface area (Å²) in [7, 11) is 0. The molecule has 0 radical (unpaired) electrons. The van der Waals surface area contributed by atoms with E-state index in [1.54, 1.807) is 0 Å². The number of nitrogens with two attached hydrogens (primary N) is 1. The molecule has 3 nitrogen and oxygen atoms in total. The van der Waals surface area contributed by atoms with Crippen molar-refractivity contribution >= 4 is 0 Å². The normalized spacial score (nSPS) is 12.7. The van der Waals surface area contributed by atoms with Gasteiger partial charge in [0.25, 0.3) is 0 Å². The summed E-state index contributed by atoms with van der Waals surface area (Å²) < 4.78 is 28.1. The Bertz CT molecular complexity index is 593. The van der Waals surface area contributed by atoms with Gasteiger partial charge in [0.15, 0.2) is 11.6 Å². The van der Waals surface area contributed by atoms with E-state index in [1.165, 1.54) is 6.07 Å². The maximum absolute atomic E-state index is 13.2. The van der Waals surface area contributed by atoms with Crippen molar-refractivity contribution in [1.82, 2.24) is 9.78 Å². The number of halogens is 2. The highest BCUT2D eigenvalue weighted by molar-refractivity contribution is 5.23. The third-order valence-corrected chi connectivity index (χ3v) is 3.38. The Balaban J connectivity index is 2.20. The first-order chi connectivity index (χ1) is 9.55. The van der Waals surface area contributed by atoms with Crippen LogP contribution in [0, 0.1) is 11.6 Å². The number of hydrogen-bond acceptors (Lipinski definition) is 2. The molecule has 0 saturated carbocycles. The molecule has 0 spiro atoms. The minimum atomic E-state index is -0.865. The number of aryl methyl sites for hydroxylation is 2. The lowest BCUT2D eigenvalue weighted by molar-refractivity contribution is 0.504. The molecular weight excluding hydrogens is 260 g/mol. The van der Waals surface area contributed by atoms with Crippen LogP contribution in [0.25, 0.3) is 0 Å². The molecule has 0 aliphatic heterocycles. The van der Waals surface area contributed by atoms with Gasteiger partial charge in [0, 0.05) is 24.7 Å². The molecule has 0 aliphatic carbocycles. The van der Waals surface area contributed by atoms with E-state index >= 15 is 0 Å². The first-order valence-electron chi connectivity index (χ1n) is 6.81. The first kappa shape index (κ1) is 14.7. The van der Waals surface area contributed by atoms with E-state index in [2.05, 4.69) is 5.10 Å². The van der Waals surface area contributed by atoms with Crippen LogP contribution in [0.3, 0.4) is 0 Å². The highest BCUT2D eigenvalue weighted by Gasteiger charge is 2.14. The molecule has 0 amide bonds. The Kier molecular flexibility index (Phi) is 4.49. The zero-order chi connectivity index (χ0) is 14.7. The molecule has 1 heterocycles. The Labute approximate surface area is 117 Å². The number of nitrogens with zero attached hydrogens (tertiary/aromatic N) is 2. The molecule has 2 aromatic rings. The zero-order valence-corrected chi connectivity index (χ0v) is 11.7. The van der Waals surface area contributed by atoms with E-state index in [4.69, 9.17) is 5.73 Å². The lowest BCUT2D eigenvalue weighted by Crippen LogP contribution is -2.16.